The SMILES string of the molecule is O=C(O)C[C@@H](c1ccccc1)N1C(=O)/C(=C/c2ccc(F)cc2)SC1=S. The third kappa shape index (κ3) is 4.00. The van der Waals surface area contributed by atoms with Gasteiger partial charge in [-0.15, -0.1) is 0 Å². The molecule has 1 aliphatic rings. The number of carboxylic acids is 1. The lowest BCUT2D eigenvalue weighted by molar-refractivity contribution is -0.138. The van der Waals surface area contributed by atoms with E-state index in [-0.39, 0.29) is 18.1 Å². The van der Waals surface area contributed by atoms with Crippen LogP contribution >= 0.6 is 24.0 Å². The molecule has 132 valence electrons. The van der Waals surface area contributed by atoms with E-state index in [0.717, 1.165) is 11.8 Å². The highest BCUT2D eigenvalue weighted by atomic mass is 32.2. The normalized spacial score (nSPS) is 17.0. The highest BCUT2D eigenvalue weighted by molar-refractivity contribution is 8.26. The molecule has 0 saturated carbocycles. The van der Waals surface area contributed by atoms with Gasteiger partial charge in [0.2, 0.25) is 0 Å². The molecule has 0 aliphatic carbocycles. The molecular formula is C19H14FNO3S2. The molecule has 0 radical (unpaired) electrons. The van der Waals surface area contributed by atoms with Crippen LogP contribution in [0.15, 0.2) is 59.5 Å². The molecule has 3 rings (SSSR count). The summed E-state index contributed by atoms with van der Waals surface area (Å²) >= 11 is 6.45. The van der Waals surface area contributed by atoms with Gasteiger partial charge in [0, 0.05) is 0 Å². The van der Waals surface area contributed by atoms with Crippen LogP contribution in [0.4, 0.5) is 4.39 Å². The lowest BCUT2D eigenvalue weighted by Crippen LogP contribution is -2.34. The minimum atomic E-state index is -1.02. The first-order valence-corrected chi connectivity index (χ1v) is 8.97. The average Bonchev–Trinajstić information content (AvgIpc) is 2.89. The molecule has 0 aromatic heterocycles. The van der Waals surface area contributed by atoms with E-state index in [4.69, 9.17) is 12.2 Å². The highest BCUT2D eigenvalue weighted by Crippen LogP contribution is 2.39. The average molecular weight is 387 g/mol. The highest BCUT2D eigenvalue weighted by Gasteiger charge is 2.38. The minimum Gasteiger partial charge on any atom is -0.481 e. The molecule has 7 heteroatoms. The van der Waals surface area contributed by atoms with Gasteiger partial charge in [-0.25, -0.2) is 4.39 Å². The summed E-state index contributed by atoms with van der Waals surface area (Å²) in [6.07, 6.45) is 1.38. The molecule has 0 bridgehead atoms. The molecule has 1 N–H and O–H groups in total. The van der Waals surface area contributed by atoms with Gasteiger partial charge in [0.15, 0.2) is 0 Å². The van der Waals surface area contributed by atoms with E-state index in [1.165, 1.54) is 17.0 Å². The largest absolute Gasteiger partial charge is 0.481 e. The zero-order valence-electron chi connectivity index (χ0n) is 13.5. The van der Waals surface area contributed by atoms with Crippen molar-refractivity contribution in [2.75, 3.05) is 0 Å². The van der Waals surface area contributed by atoms with Gasteiger partial charge >= 0.3 is 5.97 Å². The number of carbonyl (C=O) groups is 2. The van der Waals surface area contributed by atoms with E-state index in [1.54, 1.807) is 42.5 Å². The Kier molecular flexibility index (Phi) is 5.49. The molecule has 1 aliphatic heterocycles. The molecule has 1 heterocycles. The summed E-state index contributed by atoms with van der Waals surface area (Å²) in [6.45, 7) is 0. The summed E-state index contributed by atoms with van der Waals surface area (Å²) in [5.41, 5.74) is 1.37. The molecule has 2 aromatic rings. The Labute approximate surface area is 159 Å². The molecule has 4 nitrogen and oxygen atoms in total. The summed E-state index contributed by atoms with van der Waals surface area (Å²) in [4.78, 5) is 25.9. The van der Waals surface area contributed by atoms with Gasteiger partial charge in [-0.3, -0.25) is 14.5 Å². The monoisotopic (exact) mass is 387 g/mol. The maximum atomic E-state index is 13.0. The van der Waals surface area contributed by atoms with Crippen molar-refractivity contribution in [2.24, 2.45) is 0 Å². The van der Waals surface area contributed by atoms with Gasteiger partial charge in [0.1, 0.15) is 10.1 Å². The van der Waals surface area contributed by atoms with Crippen molar-refractivity contribution in [1.29, 1.82) is 0 Å². The van der Waals surface area contributed by atoms with Crippen molar-refractivity contribution in [3.63, 3.8) is 0 Å². The topological polar surface area (TPSA) is 57.6 Å². The van der Waals surface area contributed by atoms with Crippen LogP contribution in [0.2, 0.25) is 0 Å². The number of carboxylic acid groups (broad SMARTS) is 1. The van der Waals surface area contributed by atoms with Crippen LogP contribution in [0, 0.1) is 5.82 Å². The second kappa shape index (κ2) is 7.80. The van der Waals surface area contributed by atoms with Gasteiger partial charge in [-0.2, -0.15) is 0 Å². The van der Waals surface area contributed by atoms with Gasteiger partial charge < -0.3 is 5.11 Å². The first-order valence-electron chi connectivity index (χ1n) is 7.75. The maximum absolute atomic E-state index is 13.0. The van der Waals surface area contributed by atoms with E-state index in [2.05, 4.69) is 0 Å². The lowest BCUT2D eigenvalue weighted by atomic mass is 10.0. The van der Waals surface area contributed by atoms with Gasteiger partial charge in [-0.05, 0) is 29.3 Å². The number of hydrogen-bond acceptors (Lipinski definition) is 4. The molecule has 1 saturated heterocycles. The second-order valence-corrected chi connectivity index (χ2v) is 7.30. The third-order valence-corrected chi connectivity index (χ3v) is 5.19. The molecule has 0 spiro atoms. The van der Waals surface area contributed by atoms with Crippen molar-refractivity contribution < 1.29 is 19.1 Å². The number of aliphatic carboxylic acids is 1. The Morgan fingerprint density at radius 2 is 1.85 bits per heavy atom. The van der Waals surface area contributed by atoms with Crippen LogP contribution in [0.3, 0.4) is 0 Å². The van der Waals surface area contributed by atoms with Gasteiger partial charge in [-0.1, -0.05) is 66.4 Å². The standard InChI is InChI=1S/C19H14FNO3S2/c20-14-8-6-12(7-9-14)10-16-18(24)21(19(25)26-16)15(11-17(22)23)13-4-2-1-3-5-13/h1-10,15H,11H2,(H,22,23)/b16-10-/t15-/m0/s1. The minimum absolute atomic E-state index is 0.250. The number of carbonyl (C=O) groups excluding carboxylic acids is 1. The Hall–Kier alpha value is -2.51. The smallest absolute Gasteiger partial charge is 0.305 e. The molecular weight excluding hydrogens is 373 g/mol. The van der Waals surface area contributed by atoms with E-state index in [9.17, 15) is 19.1 Å². The fourth-order valence-corrected chi connectivity index (χ4v) is 4.01. The zero-order valence-corrected chi connectivity index (χ0v) is 15.1. The quantitative estimate of drug-likeness (QED) is 0.614. The number of nitrogens with zero attached hydrogens (tertiary/aromatic N) is 1. The van der Waals surface area contributed by atoms with E-state index >= 15 is 0 Å². The molecule has 1 atom stereocenters. The fraction of sp³-hybridized carbons (Fsp3) is 0.105. The Bertz CT molecular complexity index is 881. The second-order valence-electron chi connectivity index (χ2n) is 5.63. The number of hydrogen-bond donors (Lipinski definition) is 1. The maximum Gasteiger partial charge on any atom is 0.305 e. The lowest BCUT2D eigenvalue weighted by Gasteiger charge is -2.26. The van der Waals surface area contributed by atoms with Crippen LogP contribution < -0.4 is 0 Å². The van der Waals surface area contributed by atoms with Gasteiger partial charge in [0.05, 0.1) is 17.4 Å². The molecule has 0 unspecified atom stereocenters. The van der Waals surface area contributed by atoms with Crippen molar-refractivity contribution in [3.8, 4) is 0 Å². The van der Waals surface area contributed by atoms with Crippen molar-refractivity contribution in [2.45, 2.75) is 12.5 Å². The summed E-state index contributed by atoms with van der Waals surface area (Å²) in [6, 6.07) is 14.0. The molecule has 1 amide bonds. The van der Waals surface area contributed by atoms with Crippen LogP contribution in [0.1, 0.15) is 23.6 Å². The molecule has 26 heavy (non-hydrogen) atoms. The number of amides is 1. The third-order valence-electron chi connectivity index (χ3n) is 3.86. The first kappa shape index (κ1) is 18.3. The van der Waals surface area contributed by atoms with Crippen molar-refractivity contribution >= 4 is 46.3 Å². The number of rotatable bonds is 5. The number of thiocarbonyl (C=S) groups is 1. The number of thioether (sulfide) groups is 1. The van der Waals surface area contributed by atoms with Crippen LogP contribution in [0.5, 0.6) is 0 Å². The van der Waals surface area contributed by atoms with Crippen LogP contribution in [-0.2, 0) is 9.59 Å². The molecule has 1 fully saturated rings. The summed E-state index contributed by atoms with van der Waals surface area (Å²) < 4.78 is 13.3. The summed E-state index contributed by atoms with van der Waals surface area (Å²) in [5, 5.41) is 9.27. The van der Waals surface area contributed by atoms with Crippen LogP contribution in [0.25, 0.3) is 6.08 Å². The summed E-state index contributed by atoms with van der Waals surface area (Å²) in [7, 11) is 0. The predicted octanol–water partition coefficient (Wildman–Crippen LogP) is 4.24. The Morgan fingerprint density at radius 1 is 1.19 bits per heavy atom. The fourth-order valence-electron chi connectivity index (χ4n) is 2.66. The Morgan fingerprint density at radius 3 is 2.46 bits per heavy atom. The number of benzene rings is 2. The van der Waals surface area contributed by atoms with E-state index in [1.807, 2.05) is 6.07 Å². The number of halogens is 1. The van der Waals surface area contributed by atoms with Crippen molar-refractivity contribution in [3.05, 3.63) is 76.4 Å². The van der Waals surface area contributed by atoms with Crippen LogP contribution in [-0.4, -0.2) is 26.2 Å². The predicted molar refractivity (Wildman–Crippen MR) is 103 cm³/mol. The first-order chi connectivity index (χ1) is 12.5. The Balaban J connectivity index is 1.93. The molecule has 2 aromatic carbocycles. The van der Waals surface area contributed by atoms with Gasteiger partial charge in [0.25, 0.3) is 5.91 Å². The van der Waals surface area contributed by atoms with E-state index < -0.39 is 12.0 Å². The zero-order chi connectivity index (χ0) is 18.7. The van der Waals surface area contributed by atoms with E-state index in [0.29, 0.717) is 20.4 Å². The van der Waals surface area contributed by atoms with Crippen molar-refractivity contribution in [1.82, 2.24) is 4.90 Å². The summed E-state index contributed by atoms with van der Waals surface area (Å²) in [5.74, 6) is -1.73.